The molecule has 1 aliphatic rings. The first kappa shape index (κ1) is 5.88. The second-order valence-corrected chi connectivity index (χ2v) is 2.55. The maximum absolute atomic E-state index is 5.60. The van der Waals surface area contributed by atoms with Gasteiger partial charge in [-0.05, 0) is 0 Å². The fourth-order valence-electron chi connectivity index (χ4n) is 1.20. The Kier molecular flexibility index (Phi) is 1.22. The lowest BCUT2D eigenvalue weighted by molar-refractivity contribution is 0.227. The van der Waals surface area contributed by atoms with E-state index in [2.05, 4.69) is 9.55 Å². The second-order valence-electron chi connectivity index (χ2n) is 2.55. The zero-order valence-electron chi connectivity index (χ0n) is 5.70. The van der Waals surface area contributed by atoms with Crippen LogP contribution in [0.15, 0.2) is 12.5 Å². The Hall–Kier alpha value is -0.870. The van der Waals surface area contributed by atoms with Crippen molar-refractivity contribution in [3.8, 4) is 0 Å². The quantitative estimate of drug-likeness (QED) is 0.495. The van der Waals surface area contributed by atoms with Crippen molar-refractivity contribution in [3.05, 3.63) is 18.2 Å². The van der Waals surface area contributed by atoms with Crippen molar-refractivity contribution in [2.24, 2.45) is 5.84 Å². The van der Waals surface area contributed by atoms with Gasteiger partial charge in [-0.15, -0.1) is 0 Å². The molecule has 0 atom stereocenters. The molecule has 0 bridgehead atoms. The summed E-state index contributed by atoms with van der Waals surface area (Å²) < 4.78 is 2.13. The number of fused-ring (bicyclic) bond motifs is 1. The summed E-state index contributed by atoms with van der Waals surface area (Å²) in [6.07, 6.45) is 3.71. The van der Waals surface area contributed by atoms with E-state index in [0.29, 0.717) is 0 Å². The molecular formula is C6H10N4. The van der Waals surface area contributed by atoms with Crippen LogP contribution < -0.4 is 5.84 Å². The molecule has 0 saturated carbocycles. The Bertz CT molecular complexity index is 229. The van der Waals surface area contributed by atoms with Crippen molar-refractivity contribution >= 4 is 0 Å². The van der Waals surface area contributed by atoms with E-state index in [0.717, 1.165) is 19.6 Å². The molecule has 1 aromatic heterocycles. The Balaban J connectivity index is 2.30. The van der Waals surface area contributed by atoms with Crippen molar-refractivity contribution in [2.45, 2.75) is 13.1 Å². The first-order valence-corrected chi connectivity index (χ1v) is 3.35. The first-order chi connectivity index (χ1) is 4.86. The van der Waals surface area contributed by atoms with Gasteiger partial charge in [0.15, 0.2) is 0 Å². The van der Waals surface area contributed by atoms with Crippen LogP contribution in [0, 0.1) is 0 Å². The molecule has 2 rings (SSSR count). The maximum Gasteiger partial charge on any atom is 0.0949 e. The minimum absolute atomic E-state index is 0.819. The highest BCUT2D eigenvalue weighted by atomic mass is 15.4. The summed E-state index contributed by atoms with van der Waals surface area (Å²) in [5.41, 5.74) is 1.20. The van der Waals surface area contributed by atoms with Crippen molar-refractivity contribution < 1.29 is 0 Å². The fraction of sp³-hybridized carbons (Fsp3) is 0.500. The van der Waals surface area contributed by atoms with Gasteiger partial charge in [0.2, 0.25) is 0 Å². The van der Waals surface area contributed by atoms with Gasteiger partial charge in [0.1, 0.15) is 0 Å². The number of imidazole rings is 1. The summed E-state index contributed by atoms with van der Waals surface area (Å²) in [6.45, 7) is 2.70. The molecule has 0 aliphatic carbocycles. The molecule has 0 fully saturated rings. The van der Waals surface area contributed by atoms with Gasteiger partial charge >= 0.3 is 0 Å². The number of hydrazine groups is 1. The van der Waals surface area contributed by atoms with Gasteiger partial charge in [0, 0.05) is 19.3 Å². The van der Waals surface area contributed by atoms with Crippen LogP contribution in [0.2, 0.25) is 0 Å². The van der Waals surface area contributed by atoms with Gasteiger partial charge in [-0.1, -0.05) is 0 Å². The molecule has 4 nitrogen and oxygen atoms in total. The smallest absolute Gasteiger partial charge is 0.0949 e. The first-order valence-electron chi connectivity index (χ1n) is 3.35. The van der Waals surface area contributed by atoms with E-state index in [-0.39, 0.29) is 0 Å². The number of nitrogens with zero attached hydrogens (tertiary/aromatic N) is 3. The Morgan fingerprint density at radius 3 is 3.30 bits per heavy atom. The van der Waals surface area contributed by atoms with Crippen LogP contribution in [-0.4, -0.2) is 21.1 Å². The van der Waals surface area contributed by atoms with Gasteiger partial charge < -0.3 is 4.57 Å². The van der Waals surface area contributed by atoms with Crippen LogP contribution in [-0.2, 0) is 13.1 Å². The van der Waals surface area contributed by atoms with Gasteiger partial charge in [-0.2, -0.15) is 0 Å². The third-order valence-corrected chi connectivity index (χ3v) is 1.79. The van der Waals surface area contributed by atoms with E-state index < -0.39 is 0 Å². The van der Waals surface area contributed by atoms with Crippen LogP contribution in [0.1, 0.15) is 5.69 Å². The molecule has 0 spiro atoms. The predicted octanol–water partition coefficient (Wildman–Crippen LogP) is -0.428. The van der Waals surface area contributed by atoms with Crippen LogP contribution in [0.3, 0.4) is 0 Å². The third kappa shape index (κ3) is 0.815. The summed E-state index contributed by atoms with van der Waals surface area (Å²) in [4.78, 5) is 4.02. The molecule has 54 valence electrons. The number of hydrogen-bond donors (Lipinski definition) is 1. The van der Waals surface area contributed by atoms with E-state index in [1.165, 1.54) is 5.69 Å². The zero-order valence-corrected chi connectivity index (χ0v) is 5.70. The zero-order chi connectivity index (χ0) is 6.97. The largest absolute Gasteiger partial charge is 0.332 e. The Labute approximate surface area is 59.2 Å². The highest BCUT2D eigenvalue weighted by Gasteiger charge is 2.11. The topological polar surface area (TPSA) is 47.1 Å². The molecule has 2 N–H and O–H groups in total. The lowest BCUT2D eigenvalue weighted by Crippen LogP contribution is -2.38. The average molecular weight is 138 g/mol. The minimum atomic E-state index is 0.819. The van der Waals surface area contributed by atoms with Crippen LogP contribution in [0.4, 0.5) is 0 Å². The van der Waals surface area contributed by atoms with E-state index in [4.69, 9.17) is 5.84 Å². The Morgan fingerprint density at radius 1 is 1.50 bits per heavy atom. The summed E-state index contributed by atoms with van der Waals surface area (Å²) in [6, 6.07) is 0. The van der Waals surface area contributed by atoms with Gasteiger partial charge in [-0.25, -0.2) is 9.99 Å². The van der Waals surface area contributed by atoms with Gasteiger partial charge in [-0.3, -0.25) is 5.84 Å². The molecular weight excluding hydrogens is 128 g/mol. The minimum Gasteiger partial charge on any atom is -0.332 e. The lowest BCUT2D eigenvalue weighted by Gasteiger charge is -2.22. The third-order valence-electron chi connectivity index (χ3n) is 1.79. The predicted molar refractivity (Wildman–Crippen MR) is 36.8 cm³/mol. The van der Waals surface area contributed by atoms with Gasteiger partial charge in [0.05, 0.1) is 18.6 Å². The van der Waals surface area contributed by atoms with Gasteiger partial charge in [0.25, 0.3) is 0 Å². The molecule has 2 heterocycles. The van der Waals surface area contributed by atoms with Crippen LogP contribution in [0.5, 0.6) is 0 Å². The van der Waals surface area contributed by atoms with Crippen molar-refractivity contribution in [2.75, 3.05) is 6.54 Å². The molecule has 0 saturated heterocycles. The molecule has 10 heavy (non-hydrogen) atoms. The van der Waals surface area contributed by atoms with Crippen LogP contribution >= 0.6 is 0 Å². The van der Waals surface area contributed by atoms with Crippen molar-refractivity contribution in [1.82, 2.24) is 14.6 Å². The molecule has 0 radical (unpaired) electrons. The SMILES string of the molecule is NN1CCn2cncc2C1. The summed E-state index contributed by atoms with van der Waals surface area (Å²) in [5.74, 6) is 5.60. The number of nitrogens with two attached hydrogens (primary N) is 1. The fourth-order valence-corrected chi connectivity index (χ4v) is 1.20. The standard InChI is InChI=1S/C6H10N4/c7-10-2-1-9-5-8-3-6(9)4-10/h3,5H,1-2,4,7H2. The van der Waals surface area contributed by atoms with E-state index in [1.807, 2.05) is 12.5 Å². The number of rotatable bonds is 0. The van der Waals surface area contributed by atoms with Crippen LogP contribution in [0.25, 0.3) is 0 Å². The number of hydrogen-bond acceptors (Lipinski definition) is 3. The van der Waals surface area contributed by atoms with Crippen molar-refractivity contribution in [1.29, 1.82) is 0 Å². The van der Waals surface area contributed by atoms with E-state index >= 15 is 0 Å². The average Bonchev–Trinajstić information content (AvgIpc) is 2.33. The molecule has 1 aliphatic heterocycles. The summed E-state index contributed by atoms with van der Waals surface area (Å²) >= 11 is 0. The molecule has 4 heteroatoms. The molecule has 0 aromatic carbocycles. The summed E-state index contributed by atoms with van der Waals surface area (Å²) in [7, 11) is 0. The Morgan fingerprint density at radius 2 is 2.40 bits per heavy atom. The van der Waals surface area contributed by atoms with E-state index in [9.17, 15) is 0 Å². The molecule has 0 amide bonds. The monoisotopic (exact) mass is 138 g/mol. The highest BCUT2D eigenvalue weighted by Crippen LogP contribution is 2.06. The highest BCUT2D eigenvalue weighted by molar-refractivity contribution is 4.99. The van der Waals surface area contributed by atoms with E-state index in [1.54, 1.807) is 5.01 Å². The lowest BCUT2D eigenvalue weighted by atomic mass is 10.3. The van der Waals surface area contributed by atoms with Crippen molar-refractivity contribution in [3.63, 3.8) is 0 Å². The molecule has 0 unspecified atom stereocenters. The second kappa shape index (κ2) is 2.07. The normalized spacial score (nSPS) is 18.9. The maximum atomic E-state index is 5.60. The summed E-state index contributed by atoms with van der Waals surface area (Å²) in [5, 5.41) is 1.80. The molecule has 1 aromatic rings. The number of aromatic nitrogens is 2.